The van der Waals surface area contributed by atoms with Crippen LogP contribution in [-0.2, 0) is 0 Å². The van der Waals surface area contributed by atoms with E-state index in [-0.39, 0.29) is 0 Å². The molecule has 0 N–H and O–H groups in total. The zero-order chi connectivity index (χ0) is 27.5. The Balaban J connectivity index is 1.81. The third kappa shape index (κ3) is 4.59. The first-order chi connectivity index (χ1) is 19.0. The monoisotopic (exact) mass is 516 g/mol. The lowest BCUT2D eigenvalue weighted by Gasteiger charge is -2.20. The standard InChI is InChI=1S/C35H32O4/c1-7-26-27(17-18-32(36-3)35(26)39-6)28-19-30(25-15-13-24(14-16-25)23-11-9-8-10-12-23)31-21-34(38-5)33(37-4)20-29(31)22(28)2/h7-21H,1H2,2-6H3. The van der Waals surface area contributed by atoms with Gasteiger partial charge in [-0.3, -0.25) is 0 Å². The SMILES string of the molecule is C=Cc1c(-c2cc(-c3ccc(-c4ccccc4)cc3)c3cc(OC)c(OC)cc3c2C)ccc(OC)c1OC. The second kappa shape index (κ2) is 11.0. The number of rotatable bonds is 8. The first-order valence-electron chi connectivity index (χ1n) is 12.8. The Morgan fingerprint density at radius 1 is 0.538 bits per heavy atom. The molecule has 5 rings (SSSR count). The van der Waals surface area contributed by atoms with Crippen LogP contribution in [-0.4, -0.2) is 28.4 Å². The summed E-state index contributed by atoms with van der Waals surface area (Å²) in [6.07, 6.45) is 1.82. The fraction of sp³-hybridized carbons (Fsp3) is 0.143. The lowest BCUT2D eigenvalue weighted by molar-refractivity contribution is 0.354. The van der Waals surface area contributed by atoms with Gasteiger partial charge in [-0.15, -0.1) is 0 Å². The van der Waals surface area contributed by atoms with Gasteiger partial charge in [0.15, 0.2) is 23.0 Å². The Morgan fingerprint density at radius 3 is 1.72 bits per heavy atom. The zero-order valence-electron chi connectivity index (χ0n) is 23.0. The van der Waals surface area contributed by atoms with Crippen molar-refractivity contribution < 1.29 is 18.9 Å². The molecule has 0 heterocycles. The largest absolute Gasteiger partial charge is 0.493 e. The zero-order valence-corrected chi connectivity index (χ0v) is 23.0. The summed E-state index contributed by atoms with van der Waals surface area (Å²) in [6, 6.07) is 29.5. The second-order valence-electron chi connectivity index (χ2n) is 9.26. The Bertz CT molecular complexity index is 1650. The number of aryl methyl sites for hydroxylation is 1. The molecule has 0 radical (unpaired) electrons. The van der Waals surface area contributed by atoms with Crippen molar-refractivity contribution in [1.82, 2.24) is 0 Å². The Kier molecular flexibility index (Phi) is 7.29. The average molecular weight is 517 g/mol. The molecule has 0 saturated heterocycles. The molecule has 0 unspecified atom stereocenters. The molecule has 0 aromatic heterocycles. The third-order valence-electron chi connectivity index (χ3n) is 7.29. The fourth-order valence-electron chi connectivity index (χ4n) is 5.27. The van der Waals surface area contributed by atoms with E-state index in [1.807, 2.05) is 18.2 Å². The summed E-state index contributed by atoms with van der Waals surface area (Å²) in [6.45, 7) is 6.22. The van der Waals surface area contributed by atoms with Crippen LogP contribution in [0.25, 0.3) is 50.2 Å². The highest BCUT2D eigenvalue weighted by Gasteiger charge is 2.20. The highest BCUT2D eigenvalue weighted by Crippen LogP contribution is 2.45. The molecule has 0 aliphatic heterocycles. The van der Waals surface area contributed by atoms with Crippen molar-refractivity contribution in [2.45, 2.75) is 6.92 Å². The van der Waals surface area contributed by atoms with E-state index >= 15 is 0 Å². The fourth-order valence-corrected chi connectivity index (χ4v) is 5.27. The molecule has 196 valence electrons. The molecule has 4 nitrogen and oxygen atoms in total. The van der Waals surface area contributed by atoms with Gasteiger partial charge < -0.3 is 18.9 Å². The lowest BCUT2D eigenvalue weighted by Crippen LogP contribution is -1.98. The molecule has 0 aliphatic carbocycles. The van der Waals surface area contributed by atoms with Gasteiger partial charge in [-0.1, -0.05) is 67.3 Å². The number of methoxy groups -OCH3 is 4. The minimum absolute atomic E-state index is 0.658. The normalized spacial score (nSPS) is 10.8. The van der Waals surface area contributed by atoms with Gasteiger partial charge in [-0.2, -0.15) is 0 Å². The van der Waals surface area contributed by atoms with Gasteiger partial charge in [0, 0.05) is 5.56 Å². The molecule has 5 aromatic rings. The van der Waals surface area contributed by atoms with Crippen LogP contribution in [0.4, 0.5) is 0 Å². The second-order valence-corrected chi connectivity index (χ2v) is 9.26. The van der Waals surface area contributed by atoms with Crippen molar-refractivity contribution in [3.05, 3.63) is 103 Å². The van der Waals surface area contributed by atoms with E-state index in [0.29, 0.717) is 23.0 Å². The van der Waals surface area contributed by atoms with Crippen molar-refractivity contribution in [3.8, 4) is 56.4 Å². The van der Waals surface area contributed by atoms with Gasteiger partial charge in [0.1, 0.15) is 0 Å². The van der Waals surface area contributed by atoms with Gasteiger partial charge in [0.05, 0.1) is 28.4 Å². The van der Waals surface area contributed by atoms with Crippen LogP contribution in [0.2, 0.25) is 0 Å². The van der Waals surface area contributed by atoms with Gasteiger partial charge in [-0.25, -0.2) is 0 Å². The van der Waals surface area contributed by atoms with Gasteiger partial charge >= 0.3 is 0 Å². The van der Waals surface area contributed by atoms with Crippen LogP contribution in [0.15, 0.2) is 91.5 Å². The summed E-state index contributed by atoms with van der Waals surface area (Å²) in [7, 11) is 6.62. The maximum Gasteiger partial charge on any atom is 0.168 e. The number of ether oxygens (including phenoxy) is 4. The summed E-state index contributed by atoms with van der Waals surface area (Å²) >= 11 is 0. The van der Waals surface area contributed by atoms with Crippen LogP contribution in [0.1, 0.15) is 11.1 Å². The van der Waals surface area contributed by atoms with Crippen molar-refractivity contribution in [1.29, 1.82) is 0 Å². The van der Waals surface area contributed by atoms with Crippen LogP contribution >= 0.6 is 0 Å². The van der Waals surface area contributed by atoms with E-state index in [1.165, 1.54) is 11.1 Å². The first kappa shape index (κ1) is 25.9. The van der Waals surface area contributed by atoms with E-state index in [1.54, 1.807) is 28.4 Å². The van der Waals surface area contributed by atoms with E-state index < -0.39 is 0 Å². The van der Waals surface area contributed by atoms with Gasteiger partial charge in [-0.05, 0) is 87.0 Å². The van der Waals surface area contributed by atoms with Crippen LogP contribution in [0.3, 0.4) is 0 Å². The van der Waals surface area contributed by atoms with Gasteiger partial charge in [0.2, 0.25) is 0 Å². The Hall–Kier alpha value is -4.70. The van der Waals surface area contributed by atoms with E-state index in [4.69, 9.17) is 18.9 Å². The molecule has 0 amide bonds. The highest BCUT2D eigenvalue weighted by atomic mass is 16.5. The summed E-state index contributed by atoms with van der Waals surface area (Å²) < 4.78 is 22.7. The minimum Gasteiger partial charge on any atom is -0.493 e. The summed E-state index contributed by atoms with van der Waals surface area (Å²) in [5.41, 5.74) is 8.64. The third-order valence-corrected chi connectivity index (χ3v) is 7.29. The molecule has 0 aliphatic rings. The smallest absolute Gasteiger partial charge is 0.168 e. The molecule has 0 spiro atoms. The van der Waals surface area contributed by atoms with Crippen LogP contribution in [0, 0.1) is 6.92 Å². The maximum absolute atomic E-state index is 5.75. The number of hydrogen-bond donors (Lipinski definition) is 0. The minimum atomic E-state index is 0.658. The molecular formula is C35H32O4. The number of fused-ring (bicyclic) bond motifs is 1. The molecule has 0 saturated carbocycles. The maximum atomic E-state index is 5.75. The molecule has 5 aromatic carbocycles. The van der Waals surface area contributed by atoms with Crippen molar-refractivity contribution in [2.75, 3.05) is 28.4 Å². The predicted molar refractivity (Wildman–Crippen MR) is 161 cm³/mol. The molecule has 0 fully saturated rings. The van der Waals surface area contributed by atoms with Gasteiger partial charge in [0.25, 0.3) is 0 Å². The summed E-state index contributed by atoms with van der Waals surface area (Å²) in [5.74, 6) is 2.70. The van der Waals surface area contributed by atoms with Crippen molar-refractivity contribution in [3.63, 3.8) is 0 Å². The quantitative estimate of drug-likeness (QED) is 0.206. The topological polar surface area (TPSA) is 36.9 Å². The average Bonchev–Trinajstić information content (AvgIpc) is 3.00. The van der Waals surface area contributed by atoms with E-state index in [2.05, 4.69) is 86.3 Å². The summed E-state index contributed by atoms with van der Waals surface area (Å²) in [4.78, 5) is 0. The molecule has 39 heavy (non-hydrogen) atoms. The van der Waals surface area contributed by atoms with Crippen molar-refractivity contribution >= 4 is 16.8 Å². The Labute approximate surface area is 230 Å². The molecule has 0 bridgehead atoms. The number of benzene rings is 5. The molecular weight excluding hydrogens is 484 g/mol. The van der Waals surface area contributed by atoms with Crippen LogP contribution in [0.5, 0.6) is 23.0 Å². The first-order valence-corrected chi connectivity index (χ1v) is 12.8. The highest BCUT2D eigenvalue weighted by molar-refractivity contribution is 6.05. The van der Waals surface area contributed by atoms with Crippen molar-refractivity contribution in [2.24, 2.45) is 0 Å². The number of hydrogen-bond acceptors (Lipinski definition) is 4. The summed E-state index contributed by atoms with van der Waals surface area (Å²) in [5, 5.41) is 2.17. The Morgan fingerprint density at radius 2 is 1.13 bits per heavy atom. The van der Waals surface area contributed by atoms with E-state index in [0.717, 1.165) is 44.2 Å². The molecule has 4 heteroatoms. The molecule has 0 atom stereocenters. The lowest BCUT2D eigenvalue weighted by atomic mass is 9.86. The van der Waals surface area contributed by atoms with Crippen LogP contribution < -0.4 is 18.9 Å². The van der Waals surface area contributed by atoms with E-state index in [9.17, 15) is 0 Å². The predicted octanol–water partition coefficient (Wildman–Crippen LogP) is 8.83.